The van der Waals surface area contributed by atoms with Crippen LogP contribution < -0.4 is 4.90 Å². The quantitative estimate of drug-likeness (QED) is 0.335. The molecular weight excluding hydrogens is 458 g/mol. The number of thioether (sulfide) groups is 2. The number of carbonyl (C=O) groups is 1. The minimum Gasteiger partial charge on any atom is -0.311 e. The van der Waals surface area contributed by atoms with Gasteiger partial charge in [-0.15, -0.1) is 21.5 Å². The molecule has 0 fully saturated rings. The summed E-state index contributed by atoms with van der Waals surface area (Å²) in [5, 5.41) is 9.39. The molecule has 6 nitrogen and oxygen atoms in total. The number of anilines is 1. The number of fused-ring (bicyclic) bond motifs is 2. The third-order valence-electron chi connectivity index (χ3n) is 5.49. The zero-order valence-electron chi connectivity index (χ0n) is 17.9. The van der Waals surface area contributed by atoms with Gasteiger partial charge in [0.05, 0.1) is 21.2 Å². The molecule has 1 unspecified atom stereocenters. The average Bonchev–Trinajstić information content (AvgIpc) is 3.53. The Morgan fingerprint density at radius 1 is 1.16 bits per heavy atom. The third-order valence-corrected chi connectivity index (χ3v) is 8.74. The molecule has 0 saturated carbocycles. The van der Waals surface area contributed by atoms with Crippen molar-refractivity contribution in [2.75, 3.05) is 11.4 Å². The van der Waals surface area contributed by atoms with Gasteiger partial charge < -0.3 is 9.47 Å². The number of benzene rings is 2. The highest BCUT2D eigenvalue weighted by atomic mass is 32.2. The fourth-order valence-corrected chi connectivity index (χ4v) is 6.87. The smallest absolute Gasteiger partial charge is 0.240 e. The molecule has 3 heterocycles. The van der Waals surface area contributed by atoms with E-state index in [0.29, 0.717) is 5.75 Å². The van der Waals surface area contributed by atoms with E-state index in [1.807, 2.05) is 48.2 Å². The van der Waals surface area contributed by atoms with Crippen molar-refractivity contribution in [2.45, 2.75) is 47.3 Å². The number of rotatable bonds is 7. The number of nitrogens with zero attached hydrogens (tertiary/aromatic N) is 5. The molecule has 0 aliphatic carbocycles. The average molecular weight is 482 g/mol. The summed E-state index contributed by atoms with van der Waals surface area (Å²) in [4.78, 5) is 19.8. The van der Waals surface area contributed by atoms with Crippen LogP contribution in [0.3, 0.4) is 0 Å². The van der Waals surface area contributed by atoms with Gasteiger partial charge in [-0.1, -0.05) is 53.9 Å². The molecule has 1 aliphatic rings. The summed E-state index contributed by atoms with van der Waals surface area (Å²) in [5.74, 6) is 1.73. The van der Waals surface area contributed by atoms with Crippen LogP contribution in [0, 0.1) is 0 Å². The molecule has 5 rings (SSSR count). The topological polar surface area (TPSA) is 63.9 Å². The summed E-state index contributed by atoms with van der Waals surface area (Å²) >= 11 is 4.87. The largest absolute Gasteiger partial charge is 0.311 e. The van der Waals surface area contributed by atoms with Crippen LogP contribution in [0.1, 0.15) is 25.2 Å². The summed E-state index contributed by atoms with van der Waals surface area (Å²) in [7, 11) is 0. The van der Waals surface area contributed by atoms with E-state index in [2.05, 4.69) is 33.8 Å². The highest BCUT2D eigenvalue weighted by molar-refractivity contribution is 8.00. The molecule has 0 saturated heterocycles. The van der Waals surface area contributed by atoms with Crippen LogP contribution in [0.4, 0.5) is 5.69 Å². The Bertz CT molecular complexity index is 1230. The zero-order chi connectivity index (χ0) is 22.1. The van der Waals surface area contributed by atoms with Crippen LogP contribution in [-0.4, -0.2) is 37.5 Å². The van der Waals surface area contributed by atoms with Gasteiger partial charge in [0.15, 0.2) is 9.50 Å². The van der Waals surface area contributed by atoms with Crippen LogP contribution in [0.25, 0.3) is 10.2 Å². The Labute approximate surface area is 199 Å². The number of aromatic nitrogens is 4. The molecule has 1 atom stereocenters. The van der Waals surface area contributed by atoms with Crippen molar-refractivity contribution in [3.63, 3.8) is 0 Å². The highest BCUT2D eigenvalue weighted by Gasteiger charge is 2.29. The lowest BCUT2D eigenvalue weighted by Gasteiger charge is -2.21. The van der Waals surface area contributed by atoms with Gasteiger partial charge in [0.25, 0.3) is 0 Å². The van der Waals surface area contributed by atoms with Gasteiger partial charge in [-0.2, -0.15) is 0 Å². The van der Waals surface area contributed by atoms with Gasteiger partial charge in [0, 0.05) is 18.8 Å². The lowest BCUT2D eigenvalue weighted by atomic mass is 10.2. The first kappa shape index (κ1) is 21.5. The Morgan fingerprint density at radius 2 is 1.97 bits per heavy atom. The first-order chi connectivity index (χ1) is 15.6. The summed E-state index contributed by atoms with van der Waals surface area (Å²) in [6, 6.07) is 16.3. The van der Waals surface area contributed by atoms with Crippen LogP contribution in [-0.2, 0) is 23.5 Å². The van der Waals surface area contributed by atoms with Crippen molar-refractivity contribution in [3.8, 4) is 0 Å². The maximum absolute atomic E-state index is 13.2. The van der Waals surface area contributed by atoms with E-state index in [4.69, 9.17) is 4.98 Å². The molecule has 1 aliphatic heterocycles. The van der Waals surface area contributed by atoms with E-state index in [1.165, 1.54) is 22.0 Å². The van der Waals surface area contributed by atoms with Crippen molar-refractivity contribution >= 4 is 56.7 Å². The third kappa shape index (κ3) is 4.16. The SMILES string of the molecule is CCn1c(CSc2nc3ccccc3s2)nnc1SC(C)C(=O)N1CCc2ccccc21. The second-order valence-corrected chi connectivity index (χ2v) is 11.1. The van der Waals surface area contributed by atoms with Crippen molar-refractivity contribution in [3.05, 3.63) is 59.9 Å². The maximum Gasteiger partial charge on any atom is 0.240 e. The Kier molecular flexibility index (Phi) is 6.21. The van der Waals surface area contributed by atoms with Crippen molar-refractivity contribution in [2.24, 2.45) is 0 Å². The molecule has 164 valence electrons. The predicted molar refractivity (Wildman–Crippen MR) is 133 cm³/mol. The monoisotopic (exact) mass is 481 g/mol. The number of para-hydroxylation sites is 2. The van der Waals surface area contributed by atoms with Gasteiger partial charge in [-0.25, -0.2) is 4.98 Å². The minimum atomic E-state index is -0.236. The molecule has 32 heavy (non-hydrogen) atoms. The maximum atomic E-state index is 13.2. The fraction of sp³-hybridized carbons (Fsp3) is 0.304. The van der Waals surface area contributed by atoms with Gasteiger partial charge in [-0.3, -0.25) is 4.79 Å². The van der Waals surface area contributed by atoms with Crippen LogP contribution in [0.5, 0.6) is 0 Å². The predicted octanol–water partition coefficient (Wildman–Crippen LogP) is 5.27. The number of hydrogen-bond donors (Lipinski definition) is 0. The van der Waals surface area contributed by atoms with Crippen molar-refractivity contribution < 1.29 is 4.79 Å². The summed E-state index contributed by atoms with van der Waals surface area (Å²) in [5.41, 5.74) is 3.31. The fourth-order valence-electron chi connectivity index (χ4n) is 3.86. The number of amides is 1. The van der Waals surface area contributed by atoms with Gasteiger partial charge in [-0.05, 0) is 44.0 Å². The lowest BCUT2D eigenvalue weighted by molar-refractivity contribution is -0.117. The van der Waals surface area contributed by atoms with E-state index < -0.39 is 0 Å². The molecule has 0 radical (unpaired) electrons. The molecule has 0 spiro atoms. The van der Waals surface area contributed by atoms with E-state index in [1.54, 1.807) is 23.1 Å². The Hall–Kier alpha value is -2.36. The molecule has 2 aromatic heterocycles. The molecule has 0 N–H and O–H groups in total. The van der Waals surface area contributed by atoms with E-state index >= 15 is 0 Å². The van der Waals surface area contributed by atoms with E-state index in [9.17, 15) is 4.79 Å². The number of carbonyl (C=O) groups excluding carboxylic acids is 1. The first-order valence-electron chi connectivity index (χ1n) is 10.6. The molecule has 1 amide bonds. The Morgan fingerprint density at radius 3 is 2.81 bits per heavy atom. The first-order valence-corrected chi connectivity index (χ1v) is 13.3. The lowest BCUT2D eigenvalue weighted by Crippen LogP contribution is -2.35. The summed E-state index contributed by atoms with van der Waals surface area (Å²) < 4.78 is 4.33. The van der Waals surface area contributed by atoms with Crippen LogP contribution in [0.15, 0.2) is 58.0 Å². The van der Waals surface area contributed by atoms with Crippen LogP contribution in [0.2, 0.25) is 0 Å². The molecular formula is C23H23N5OS3. The molecule has 4 aromatic rings. The van der Waals surface area contributed by atoms with E-state index in [0.717, 1.165) is 46.0 Å². The van der Waals surface area contributed by atoms with Gasteiger partial charge in [0.2, 0.25) is 5.91 Å². The minimum absolute atomic E-state index is 0.121. The standard InChI is InChI=1S/C23H23N5OS3/c1-3-27-20(14-30-23-24-17-9-5-7-11-19(17)32-23)25-26-22(27)31-15(2)21(29)28-13-12-16-8-4-6-10-18(16)28/h4-11,15H,3,12-14H2,1-2H3. The number of hydrogen-bond acceptors (Lipinski definition) is 7. The second-order valence-electron chi connectivity index (χ2n) is 7.51. The van der Waals surface area contributed by atoms with Crippen LogP contribution >= 0.6 is 34.9 Å². The second kappa shape index (κ2) is 9.25. The van der Waals surface area contributed by atoms with Gasteiger partial charge in [0.1, 0.15) is 5.82 Å². The highest BCUT2D eigenvalue weighted by Crippen LogP contribution is 2.33. The summed E-state index contributed by atoms with van der Waals surface area (Å²) in [6.45, 7) is 5.55. The molecule has 2 aromatic carbocycles. The number of thiazole rings is 1. The van der Waals surface area contributed by atoms with Crippen molar-refractivity contribution in [1.82, 2.24) is 19.7 Å². The summed E-state index contributed by atoms with van der Waals surface area (Å²) in [6.07, 6.45) is 0.914. The molecule has 9 heteroatoms. The molecule has 0 bridgehead atoms. The van der Waals surface area contributed by atoms with Gasteiger partial charge >= 0.3 is 0 Å². The Balaban J connectivity index is 1.27. The van der Waals surface area contributed by atoms with Crippen molar-refractivity contribution in [1.29, 1.82) is 0 Å². The normalized spacial score (nSPS) is 14.1. The zero-order valence-corrected chi connectivity index (χ0v) is 20.3. The van der Waals surface area contributed by atoms with E-state index in [-0.39, 0.29) is 11.2 Å².